The van der Waals surface area contributed by atoms with Crippen molar-refractivity contribution in [1.82, 2.24) is 10.3 Å². The fraction of sp³-hybridized carbons (Fsp3) is 0.481. The maximum absolute atomic E-state index is 16.0. The number of hydroxylamine groups is 1. The summed E-state index contributed by atoms with van der Waals surface area (Å²) >= 11 is 0. The number of nitrogens with one attached hydrogen (secondary N) is 2. The van der Waals surface area contributed by atoms with Crippen LogP contribution in [-0.4, -0.2) is 28.3 Å². The second-order valence-corrected chi connectivity index (χ2v) is 10.4. The lowest BCUT2D eigenvalue weighted by Crippen LogP contribution is -2.61. The fourth-order valence-electron chi connectivity index (χ4n) is 5.71. The van der Waals surface area contributed by atoms with E-state index in [9.17, 15) is 5.21 Å². The summed E-state index contributed by atoms with van der Waals surface area (Å²) in [5.41, 5.74) is 2.08. The Labute approximate surface area is 194 Å². The highest BCUT2D eigenvalue weighted by Gasteiger charge is 2.43. The number of hydrogen-bond donors (Lipinski definition) is 3. The Morgan fingerprint density at radius 3 is 2.70 bits per heavy atom. The molecule has 1 saturated carbocycles. The molecule has 1 atom stereocenters. The summed E-state index contributed by atoms with van der Waals surface area (Å²) in [6.45, 7) is 6.66. The number of H-pyrrole nitrogens is 1. The Kier molecular flexibility index (Phi) is 5.69. The normalized spacial score (nSPS) is 20.9. The number of anilines is 1. The van der Waals surface area contributed by atoms with Crippen molar-refractivity contribution >= 4 is 16.6 Å². The van der Waals surface area contributed by atoms with Gasteiger partial charge in [0.1, 0.15) is 11.6 Å². The molecule has 1 aliphatic carbocycles. The van der Waals surface area contributed by atoms with E-state index in [1.54, 1.807) is 6.07 Å². The molecule has 2 aromatic carbocycles. The molecule has 2 aliphatic rings. The van der Waals surface area contributed by atoms with Crippen LogP contribution in [0.25, 0.3) is 22.0 Å². The number of rotatable bonds is 4. The van der Waals surface area contributed by atoms with E-state index in [2.05, 4.69) is 10.3 Å². The van der Waals surface area contributed by atoms with Crippen LogP contribution in [0.4, 0.5) is 14.5 Å². The first-order chi connectivity index (χ1) is 15.8. The Hall–Kier alpha value is -2.44. The van der Waals surface area contributed by atoms with Gasteiger partial charge in [-0.05, 0) is 58.1 Å². The van der Waals surface area contributed by atoms with Crippen molar-refractivity contribution in [1.29, 1.82) is 0 Å². The van der Waals surface area contributed by atoms with Gasteiger partial charge in [0, 0.05) is 34.8 Å². The van der Waals surface area contributed by atoms with E-state index >= 15 is 8.78 Å². The number of para-hydroxylation sites is 1. The molecule has 1 aliphatic heterocycles. The zero-order valence-corrected chi connectivity index (χ0v) is 19.6. The topological polar surface area (TPSA) is 51.3 Å². The Morgan fingerprint density at radius 2 is 1.94 bits per heavy atom. The largest absolute Gasteiger partial charge is 0.360 e. The quantitative estimate of drug-likeness (QED) is 0.423. The van der Waals surface area contributed by atoms with Crippen LogP contribution >= 0.6 is 0 Å². The van der Waals surface area contributed by atoms with Crippen molar-refractivity contribution in [2.24, 2.45) is 5.92 Å². The molecule has 0 spiro atoms. The van der Waals surface area contributed by atoms with Gasteiger partial charge in [0.05, 0.1) is 22.3 Å². The zero-order chi connectivity index (χ0) is 23.3. The number of aromatic amines is 1. The molecule has 0 radical (unpaired) electrons. The third-order valence-corrected chi connectivity index (χ3v) is 7.90. The van der Waals surface area contributed by atoms with Crippen molar-refractivity contribution in [3.63, 3.8) is 0 Å². The van der Waals surface area contributed by atoms with E-state index < -0.39 is 17.2 Å². The standard InChI is InChI=1S/C27H33F2N3O/c1-16-14-31-26-18(16)10-7-11-19(26)24-21(28)13-22-20(25(24)29)12-23(27(2,3)32(22)33)30-15-17-8-5-4-6-9-17/h7,10-11,13-14,17,23,30-31,33H,4-6,8-9,12,15H2,1-3H3/t23-/m0/s1. The number of nitrogens with zero attached hydrogens (tertiary/aromatic N) is 1. The van der Waals surface area contributed by atoms with Crippen LogP contribution in [0.15, 0.2) is 30.5 Å². The van der Waals surface area contributed by atoms with Crippen molar-refractivity contribution in [2.75, 3.05) is 11.6 Å². The van der Waals surface area contributed by atoms with Gasteiger partial charge >= 0.3 is 0 Å². The van der Waals surface area contributed by atoms with Gasteiger partial charge < -0.3 is 10.3 Å². The SMILES string of the molecule is Cc1c[nH]c2c(-c3c(F)cc4c(c3F)C[C@H](NCC3CCCCC3)C(C)(C)N4O)cccc12. The minimum absolute atomic E-state index is 0.0414. The highest BCUT2D eigenvalue weighted by Crippen LogP contribution is 2.43. The molecule has 6 heteroatoms. The highest BCUT2D eigenvalue weighted by molar-refractivity contribution is 5.96. The molecule has 3 N–H and O–H groups in total. The molecule has 0 bridgehead atoms. The van der Waals surface area contributed by atoms with Crippen molar-refractivity contribution in [2.45, 2.75) is 70.9 Å². The second-order valence-electron chi connectivity index (χ2n) is 10.4. The molecule has 0 unspecified atom stereocenters. The molecular formula is C27H33F2N3O. The minimum atomic E-state index is -0.696. The highest BCUT2D eigenvalue weighted by atomic mass is 19.1. The lowest BCUT2D eigenvalue weighted by molar-refractivity contribution is 0.123. The Balaban J connectivity index is 1.54. The lowest BCUT2D eigenvalue weighted by atomic mass is 9.81. The van der Waals surface area contributed by atoms with Gasteiger partial charge in [0.15, 0.2) is 0 Å². The lowest BCUT2D eigenvalue weighted by Gasteiger charge is -2.47. The molecule has 5 rings (SSSR count). The van der Waals surface area contributed by atoms with Crippen LogP contribution in [0.1, 0.15) is 57.1 Å². The number of aryl methyl sites for hydroxylation is 1. The predicted molar refractivity (Wildman–Crippen MR) is 129 cm³/mol. The number of aromatic nitrogens is 1. The van der Waals surface area contributed by atoms with Gasteiger partial charge in [-0.2, -0.15) is 0 Å². The maximum atomic E-state index is 16.0. The van der Waals surface area contributed by atoms with Gasteiger partial charge in [-0.25, -0.2) is 13.8 Å². The molecule has 2 heterocycles. The molecule has 0 saturated heterocycles. The molecule has 176 valence electrons. The summed E-state index contributed by atoms with van der Waals surface area (Å²) in [6.07, 6.45) is 8.49. The van der Waals surface area contributed by atoms with E-state index in [4.69, 9.17) is 0 Å². The summed E-state index contributed by atoms with van der Waals surface area (Å²) < 4.78 is 31.4. The van der Waals surface area contributed by atoms with E-state index in [-0.39, 0.29) is 17.3 Å². The molecule has 1 aromatic heterocycles. The zero-order valence-electron chi connectivity index (χ0n) is 19.6. The summed E-state index contributed by atoms with van der Waals surface area (Å²) in [5, 5.41) is 16.7. The van der Waals surface area contributed by atoms with E-state index in [0.29, 0.717) is 23.5 Å². The predicted octanol–water partition coefficient (Wildman–Crippen LogP) is 6.49. The summed E-state index contributed by atoms with van der Waals surface area (Å²) in [7, 11) is 0. The molecular weight excluding hydrogens is 420 g/mol. The van der Waals surface area contributed by atoms with Crippen LogP contribution in [0.3, 0.4) is 0 Å². The van der Waals surface area contributed by atoms with E-state index in [1.165, 1.54) is 38.2 Å². The average molecular weight is 454 g/mol. The Bertz CT molecular complexity index is 1180. The number of hydrogen-bond acceptors (Lipinski definition) is 3. The van der Waals surface area contributed by atoms with Crippen LogP contribution < -0.4 is 10.4 Å². The monoisotopic (exact) mass is 453 g/mol. The van der Waals surface area contributed by atoms with Crippen LogP contribution in [0.5, 0.6) is 0 Å². The van der Waals surface area contributed by atoms with Crippen LogP contribution in [-0.2, 0) is 6.42 Å². The van der Waals surface area contributed by atoms with Crippen molar-refractivity contribution in [3.05, 3.63) is 53.2 Å². The number of halogens is 2. The van der Waals surface area contributed by atoms with Gasteiger partial charge in [-0.1, -0.05) is 37.5 Å². The second kappa shape index (κ2) is 8.41. The summed E-state index contributed by atoms with van der Waals surface area (Å²) in [4.78, 5) is 3.17. The maximum Gasteiger partial charge on any atom is 0.139 e. The van der Waals surface area contributed by atoms with Gasteiger partial charge in [-0.3, -0.25) is 5.21 Å². The third kappa shape index (κ3) is 3.73. The fourth-order valence-corrected chi connectivity index (χ4v) is 5.71. The average Bonchev–Trinajstić information content (AvgIpc) is 3.18. The summed E-state index contributed by atoms with van der Waals surface area (Å²) in [5.74, 6) is -0.649. The van der Waals surface area contributed by atoms with E-state index in [1.807, 2.05) is 39.1 Å². The number of benzene rings is 2. The molecule has 4 nitrogen and oxygen atoms in total. The smallest absolute Gasteiger partial charge is 0.139 e. The first kappa shape index (κ1) is 22.4. The van der Waals surface area contributed by atoms with Crippen LogP contribution in [0.2, 0.25) is 0 Å². The third-order valence-electron chi connectivity index (χ3n) is 7.90. The van der Waals surface area contributed by atoms with Gasteiger partial charge in [0.2, 0.25) is 0 Å². The summed E-state index contributed by atoms with van der Waals surface area (Å²) in [6, 6.07) is 6.64. The molecule has 0 amide bonds. The number of fused-ring (bicyclic) bond motifs is 2. The molecule has 1 fully saturated rings. The van der Waals surface area contributed by atoms with Gasteiger partial charge in [-0.15, -0.1) is 0 Å². The van der Waals surface area contributed by atoms with Crippen molar-refractivity contribution in [3.8, 4) is 11.1 Å². The minimum Gasteiger partial charge on any atom is -0.360 e. The van der Waals surface area contributed by atoms with Gasteiger partial charge in [0.25, 0.3) is 0 Å². The van der Waals surface area contributed by atoms with Crippen molar-refractivity contribution < 1.29 is 14.0 Å². The first-order valence-corrected chi connectivity index (χ1v) is 12.1. The molecule has 33 heavy (non-hydrogen) atoms. The van der Waals surface area contributed by atoms with E-state index in [0.717, 1.165) is 28.1 Å². The molecule has 3 aromatic rings. The van der Waals surface area contributed by atoms with Crippen LogP contribution in [0, 0.1) is 24.5 Å². The first-order valence-electron chi connectivity index (χ1n) is 12.1. The Morgan fingerprint density at radius 1 is 1.18 bits per heavy atom.